The lowest BCUT2D eigenvalue weighted by Gasteiger charge is -2.31. The van der Waals surface area contributed by atoms with E-state index in [1.807, 2.05) is 36.4 Å². The molecule has 2 atom stereocenters. The molecule has 9 heteroatoms. The normalized spacial score (nSPS) is 22.5. The maximum absolute atomic E-state index is 6.32. The van der Waals surface area contributed by atoms with Gasteiger partial charge in [-0.1, -0.05) is 53.7 Å². The molecule has 0 amide bonds. The number of hydrogen-bond donors (Lipinski definition) is 0. The van der Waals surface area contributed by atoms with Crippen LogP contribution in [0.3, 0.4) is 0 Å². The highest BCUT2D eigenvalue weighted by molar-refractivity contribution is 5.54. The van der Waals surface area contributed by atoms with Crippen LogP contribution in [-0.4, -0.2) is 89.3 Å². The average Bonchev–Trinajstić information content (AvgIpc) is 2.92. The highest BCUT2D eigenvalue weighted by Gasteiger charge is 2.30. The molecule has 2 aromatic heterocycles. The number of pyridine rings is 2. The Balaban J connectivity index is 1.77. The van der Waals surface area contributed by atoms with Gasteiger partial charge in [-0.05, 0) is 35.1 Å². The molecule has 0 saturated heterocycles. The van der Waals surface area contributed by atoms with E-state index in [2.05, 4.69) is 41.5 Å². The van der Waals surface area contributed by atoms with Crippen LogP contribution >= 0.6 is 0 Å². The fraction of sp³-hybridized carbons (Fsp3) is 0.688. The number of ether oxygens (including phenoxy) is 7. The van der Waals surface area contributed by atoms with Crippen LogP contribution in [0.4, 0.5) is 0 Å². The van der Waals surface area contributed by atoms with Crippen LogP contribution in [0.1, 0.15) is 65.1 Å². The molecule has 230 valence electrons. The molecule has 0 fully saturated rings. The first-order chi connectivity index (χ1) is 19.7. The van der Waals surface area contributed by atoms with Crippen molar-refractivity contribution in [2.24, 2.45) is 10.8 Å². The summed E-state index contributed by atoms with van der Waals surface area (Å²) >= 11 is 0. The Labute approximate surface area is 246 Å². The summed E-state index contributed by atoms with van der Waals surface area (Å²) in [5.41, 5.74) is 3.01. The fourth-order valence-corrected chi connectivity index (χ4v) is 4.47. The SMILES string of the molecule is CC(C)(C)[C@H]1OCCOCCOCCOCCOCCOCCO[C@H](C(C)(C)C)c2cccc(n2)-c2cccc1n2. The largest absolute Gasteiger partial charge is 0.377 e. The van der Waals surface area contributed by atoms with Crippen molar-refractivity contribution in [2.45, 2.75) is 53.8 Å². The van der Waals surface area contributed by atoms with E-state index in [0.717, 1.165) is 22.8 Å². The molecule has 9 nitrogen and oxygen atoms in total. The Hall–Kier alpha value is -1.98. The van der Waals surface area contributed by atoms with Crippen molar-refractivity contribution in [1.29, 1.82) is 0 Å². The molecule has 0 saturated carbocycles. The van der Waals surface area contributed by atoms with Crippen molar-refractivity contribution < 1.29 is 33.2 Å². The highest BCUT2D eigenvalue weighted by atomic mass is 16.6. The van der Waals surface area contributed by atoms with E-state index < -0.39 is 0 Å². The van der Waals surface area contributed by atoms with E-state index in [-0.39, 0.29) is 23.0 Å². The monoisotopic (exact) mass is 574 g/mol. The fourth-order valence-electron chi connectivity index (χ4n) is 4.47. The van der Waals surface area contributed by atoms with Crippen LogP contribution in [-0.2, 0) is 33.2 Å². The molecule has 0 spiro atoms. The number of aromatic nitrogens is 2. The Morgan fingerprint density at radius 1 is 0.463 bits per heavy atom. The zero-order chi connectivity index (χ0) is 29.6. The highest BCUT2D eigenvalue weighted by Crippen LogP contribution is 2.37. The van der Waals surface area contributed by atoms with Crippen LogP contribution in [0.25, 0.3) is 11.4 Å². The van der Waals surface area contributed by atoms with E-state index in [9.17, 15) is 0 Å². The van der Waals surface area contributed by atoms with Gasteiger partial charge in [0.05, 0.1) is 102 Å². The summed E-state index contributed by atoms with van der Waals surface area (Å²) in [7, 11) is 0. The minimum absolute atomic E-state index is 0.163. The third kappa shape index (κ3) is 12.0. The predicted octanol–water partition coefficient (Wildman–Crippen LogP) is 5.45. The number of nitrogens with zero attached hydrogens (tertiary/aromatic N) is 2. The van der Waals surface area contributed by atoms with Crippen LogP contribution in [0.15, 0.2) is 36.4 Å². The average molecular weight is 575 g/mol. The summed E-state index contributed by atoms with van der Waals surface area (Å²) in [6, 6.07) is 12.0. The van der Waals surface area contributed by atoms with Gasteiger partial charge in [-0.3, -0.25) is 0 Å². The minimum Gasteiger partial charge on any atom is -0.377 e. The first kappa shape index (κ1) is 33.5. The molecule has 0 N–H and O–H groups in total. The van der Waals surface area contributed by atoms with Gasteiger partial charge < -0.3 is 33.2 Å². The van der Waals surface area contributed by atoms with Gasteiger partial charge in [-0.2, -0.15) is 0 Å². The summed E-state index contributed by atoms with van der Waals surface area (Å²) in [4.78, 5) is 10.0. The summed E-state index contributed by atoms with van der Waals surface area (Å²) < 4.78 is 40.8. The van der Waals surface area contributed by atoms with Crippen molar-refractivity contribution >= 4 is 0 Å². The molecular formula is C32H50N2O7. The molecule has 0 radical (unpaired) electrons. The van der Waals surface area contributed by atoms with Crippen molar-refractivity contribution in [3.05, 3.63) is 47.8 Å². The summed E-state index contributed by atoms with van der Waals surface area (Å²) in [5.74, 6) is 0. The van der Waals surface area contributed by atoms with E-state index >= 15 is 0 Å². The molecule has 0 unspecified atom stereocenters. The van der Waals surface area contributed by atoms with Gasteiger partial charge in [-0.15, -0.1) is 0 Å². The molecule has 1 aliphatic heterocycles. The number of fused-ring (bicyclic) bond motifs is 5. The van der Waals surface area contributed by atoms with Gasteiger partial charge in [0.1, 0.15) is 12.2 Å². The summed E-state index contributed by atoms with van der Waals surface area (Å²) in [6.45, 7) is 18.9. The first-order valence-electron chi connectivity index (χ1n) is 14.7. The lowest BCUT2D eigenvalue weighted by atomic mass is 9.86. The molecule has 3 rings (SSSR count). The number of rotatable bonds is 0. The van der Waals surface area contributed by atoms with Crippen LogP contribution in [0.2, 0.25) is 0 Å². The van der Waals surface area contributed by atoms with Crippen molar-refractivity contribution in [1.82, 2.24) is 9.97 Å². The number of hydrogen-bond acceptors (Lipinski definition) is 9. The maximum Gasteiger partial charge on any atom is 0.104 e. The molecule has 4 bridgehead atoms. The Kier molecular flexibility index (Phi) is 14.1. The Morgan fingerprint density at radius 2 is 0.756 bits per heavy atom. The zero-order valence-electron chi connectivity index (χ0n) is 25.9. The molecule has 0 aliphatic carbocycles. The molecule has 3 heterocycles. The van der Waals surface area contributed by atoms with Crippen molar-refractivity contribution in [3.63, 3.8) is 0 Å². The third-order valence-corrected chi connectivity index (χ3v) is 6.43. The Bertz CT molecular complexity index is 927. The second-order valence-corrected chi connectivity index (χ2v) is 12.2. The van der Waals surface area contributed by atoms with Gasteiger partial charge >= 0.3 is 0 Å². The van der Waals surface area contributed by atoms with Gasteiger partial charge in [0.25, 0.3) is 0 Å². The van der Waals surface area contributed by atoms with E-state index in [0.29, 0.717) is 79.3 Å². The zero-order valence-corrected chi connectivity index (χ0v) is 25.9. The van der Waals surface area contributed by atoms with Crippen LogP contribution in [0.5, 0.6) is 0 Å². The topological polar surface area (TPSA) is 90.4 Å². The molecular weight excluding hydrogens is 524 g/mol. The third-order valence-electron chi connectivity index (χ3n) is 6.43. The van der Waals surface area contributed by atoms with Crippen LogP contribution in [0, 0.1) is 10.8 Å². The lowest BCUT2D eigenvalue weighted by molar-refractivity contribution is -0.0577. The van der Waals surface area contributed by atoms with Crippen molar-refractivity contribution in [2.75, 3.05) is 79.3 Å². The van der Waals surface area contributed by atoms with E-state index in [4.69, 9.17) is 43.1 Å². The minimum atomic E-state index is -0.208. The lowest BCUT2D eigenvalue weighted by Crippen LogP contribution is -2.25. The Morgan fingerprint density at radius 3 is 1.05 bits per heavy atom. The quantitative estimate of drug-likeness (QED) is 0.408. The second kappa shape index (κ2) is 17.2. The van der Waals surface area contributed by atoms with Gasteiger partial charge in [-0.25, -0.2) is 9.97 Å². The maximum atomic E-state index is 6.32. The second-order valence-electron chi connectivity index (χ2n) is 12.2. The van der Waals surface area contributed by atoms with Gasteiger partial charge in [0.2, 0.25) is 0 Å². The van der Waals surface area contributed by atoms with E-state index in [1.165, 1.54) is 0 Å². The molecule has 0 aromatic carbocycles. The molecule has 41 heavy (non-hydrogen) atoms. The van der Waals surface area contributed by atoms with Gasteiger partial charge in [0.15, 0.2) is 0 Å². The van der Waals surface area contributed by atoms with Crippen LogP contribution < -0.4 is 0 Å². The van der Waals surface area contributed by atoms with E-state index in [1.54, 1.807) is 0 Å². The predicted molar refractivity (Wildman–Crippen MR) is 158 cm³/mol. The smallest absolute Gasteiger partial charge is 0.104 e. The summed E-state index contributed by atoms with van der Waals surface area (Å²) in [5, 5.41) is 0. The van der Waals surface area contributed by atoms with Gasteiger partial charge in [0, 0.05) is 0 Å². The molecule has 1 aliphatic rings. The first-order valence-corrected chi connectivity index (χ1v) is 14.7. The molecule has 2 aromatic rings. The van der Waals surface area contributed by atoms with Crippen molar-refractivity contribution in [3.8, 4) is 11.4 Å². The standard InChI is InChI=1S/C32H50N2O7/c1-31(2,3)29-27-11-7-9-25(33-27)26-10-8-12-28(34-26)30(32(4,5)6)41-24-22-39-20-18-37-16-14-35-13-15-36-17-19-38-21-23-40-29/h7-12,29-30H,13-24H2,1-6H3/t29-,30-/m0/s1. The summed E-state index contributed by atoms with van der Waals surface area (Å²) in [6.07, 6.45) is -0.417.